The number of hydrogen-bond donors (Lipinski definition) is 1. The first-order valence-electron chi connectivity index (χ1n) is 4.20. The van der Waals surface area contributed by atoms with Crippen molar-refractivity contribution in [1.29, 1.82) is 0 Å². The third kappa shape index (κ3) is 3.16. The van der Waals surface area contributed by atoms with Crippen LogP contribution in [0.15, 0.2) is 21.2 Å². The Morgan fingerprint density at radius 1 is 1.79 bits per heavy atom. The monoisotopic (exact) mass is 261 g/mol. The molecule has 1 aromatic rings. The lowest BCUT2D eigenvalue weighted by atomic mass is 10.1. The van der Waals surface area contributed by atoms with Crippen LogP contribution in [0.5, 0.6) is 0 Å². The number of hydrogen-bond acceptors (Lipinski definition) is 4. The lowest BCUT2D eigenvalue weighted by Crippen LogP contribution is -2.12. The standard InChI is InChI=1S/C9H12BrNO3/c1-13-9(12)3-2-7(11)8-4-6(10)5-14-8/h4-5,7H,2-3,11H2,1H3. The summed E-state index contributed by atoms with van der Waals surface area (Å²) in [5, 5.41) is 0. The highest BCUT2D eigenvalue weighted by molar-refractivity contribution is 9.10. The maximum atomic E-state index is 10.8. The number of furan rings is 1. The Morgan fingerprint density at radius 3 is 3.00 bits per heavy atom. The highest BCUT2D eigenvalue weighted by Gasteiger charge is 2.12. The number of methoxy groups -OCH3 is 1. The van der Waals surface area contributed by atoms with Crippen LogP contribution >= 0.6 is 15.9 Å². The summed E-state index contributed by atoms with van der Waals surface area (Å²) < 4.78 is 10.5. The molecule has 0 spiro atoms. The van der Waals surface area contributed by atoms with Crippen molar-refractivity contribution in [3.8, 4) is 0 Å². The number of rotatable bonds is 4. The van der Waals surface area contributed by atoms with E-state index in [1.54, 1.807) is 12.3 Å². The number of ether oxygens (including phenoxy) is 1. The van der Waals surface area contributed by atoms with Gasteiger partial charge in [-0.05, 0) is 28.4 Å². The first-order chi connectivity index (χ1) is 6.63. The van der Waals surface area contributed by atoms with Gasteiger partial charge in [-0.15, -0.1) is 0 Å². The number of halogens is 1. The highest BCUT2D eigenvalue weighted by atomic mass is 79.9. The van der Waals surface area contributed by atoms with Crippen molar-refractivity contribution in [2.45, 2.75) is 18.9 Å². The Morgan fingerprint density at radius 2 is 2.50 bits per heavy atom. The third-order valence-electron chi connectivity index (χ3n) is 1.84. The Bertz CT molecular complexity index is 311. The summed E-state index contributed by atoms with van der Waals surface area (Å²) >= 11 is 3.25. The van der Waals surface area contributed by atoms with Crippen molar-refractivity contribution >= 4 is 21.9 Å². The first-order valence-corrected chi connectivity index (χ1v) is 4.99. The zero-order valence-electron chi connectivity index (χ0n) is 7.83. The zero-order valence-corrected chi connectivity index (χ0v) is 9.41. The van der Waals surface area contributed by atoms with Gasteiger partial charge in [-0.2, -0.15) is 0 Å². The van der Waals surface area contributed by atoms with Gasteiger partial charge in [0.05, 0.1) is 17.6 Å². The molecule has 0 aliphatic rings. The lowest BCUT2D eigenvalue weighted by molar-refractivity contribution is -0.140. The van der Waals surface area contributed by atoms with Gasteiger partial charge in [-0.25, -0.2) is 0 Å². The molecule has 0 amide bonds. The summed E-state index contributed by atoms with van der Waals surface area (Å²) in [6.45, 7) is 0. The first kappa shape index (κ1) is 11.3. The van der Waals surface area contributed by atoms with Gasteiger partial charge in [-0.3, -0.25) is 4.79 Å². The molecule has 0 aliphatic heterocycles. The van der Waals surface area contributed by atoms with E-state index in [0.717, 1.165) is 4.47 Å². The minimum atomic E-state index is -0.264. The molecule has 2 N–H and O–H groups in total. The summed E-state index contributed by atoms with van der Waals surface area (Å²) in [7, 11) is 1.36. The smallest absolute Gasteiger partial charge is 0.305 e. The van der Waals surface area contributed by atoms with Gasteiger partial charge in [0.15, 0.2) is 0 Å². The van der Waals surface area contributed by atoms with Crippen LogP contribution in [0.4, 0.5) is 0 Å². The molecule has 5 heteroatoms. The molecular weight excluding hydrogens is 250 g/mol. The van der Waals surface area contributed by atoms with E-state index in [9.17, 15) is 4.79 Å². The lowest BCUT2D eigenvalue weighted by Gasteiger charge is -2.06. The summed E-state index contributed by atoms with van der Waals surface area (Å²) in [5.74, 6) is 0.409. The van der Waals surface area contributed by atoms with Gasteiger partial charge in [-0.1, -0.05) is 0 Å². The van der Waals surface area contributed by atoms with Crippen LogP contribution in [-0.4, -0.2) is 13.1 Å². The molecule has 0 radical (unpaired) electrons. The third-order valence-corrected chi connectivity index (χ3v) is 2.26. The summed E-state index contributed by atoms with van der Waals surface area (Å²) in [6.07, 6.45) is 2.38. The van der Waals surface area contributed by atoms with Crippen molar-refractivity contribution in [2.24, 2.45) is 5.73 Å². The fourth-order valence-corrected chi connectivity index (χ4v) is 1.36. The number of nitrogens with two attached hydrogens (primary N) is 1. The molecule has 0 saturated heterocycles. The van der Waals surface area contributed by atoms with Crippen molar-refractivity contribution in [2.75, 3.05) is 7.11 Å². The predicted octanol–water partition coefficient (Wildman–Crippen LogP) is 2.00. The number of carbonyl (C=O) groups excluding carboxylic acids is 1. The SMILES string of the molecule is COC(=O)CCC(N)c1cc(Br)co1. The topological polar surface area (TPSA) is 65.5 Å². The Balaban J connectivity index is 2.42. The molecule has 1 unspecified atom stereocenters. The van der Waals surface area contributed by atoms with Crippen molar-refractivity contribution in [1.82, 2.24) is 0 Å². The van der Waals surface area contributed by atoms with Gasteiger partial charge in [0.2, 0.25) is 0 Å². The second-order valence-electron chi connectivity index (χ2n) is 2.89. The van der Waals surface area contributed by atoms with Gasteiger partial charge in [0.1, 0.15) is 12.0 Å². The second-order valence-corrected chi connectivity index (χ2v) is 3.80. The minimum absolute atomic E-state index is 0.258. The average molecular weight is 262 g/mol. The van der Waals surface area contributed by atoms with Crippen LogP contribution in [0, 0.1) is 0 Å². The molecule has 14 heavy (non-hydrogen) atoms. The quantitative estimate of drug-likeness (QED) is 0.843. The van der Waals surface area contributed by atoms with Crippen molar-refractivity contribution < 1.29 is 13.9 Å². The normalized spacial score (nSPS) is 12.5. The maximum Gasteiger partial charge on any atom is 0.305 e. The molecule has 1 heterocycles. The fourth-order valence-electron chi connectivity index (χ4n) is 1.04. The molecule has 78 valence electrons. The van der Waals surface area contributed by atoms with Crippen molar-refractivity contribution in [3.63, 3.8) is 0 Å². The molecule has 0 saturated carbocycles. The van der Waals surface area contributed by atoms with E-state index in [1.807, 2.05) is 0 Å². The van der Waals surface area contributed by atoms with E-state index in [4.69, 9.17) is 10.2 Å². The maximum absolute atomic E-state index is 10.8. The van der Waals surface area contributed by atoms with Gasteiger partial charge >= 0.3 is 5.97 Å². The van der Waals surface area contributed by atoms with Crippen molar-refractivity contribution in [3.05, 3.63) is 22.6 Å². The van der Waals surface area contributed by atoms with E-state index in [1.165, 1.54) is 7.11 Å². The van der Waals surface area contributed by atoms with Crippen LogP contribution in [0.3, 0.4) is 0 Å². The van der Waals surface area contributed by atoms with E-state index in [0.29, 0.717) is 18.6 Å². The van der Waals surface area contributed by atoms with Crippen LogP contribution in [0.2, 0.25) is 0 Å². The molecule has 4 nitrogen and oxygen atoms in total. The van der Waals surface area contributed by atoms with Gasteiger partial charge < -0.3 is 14.9 Å². The zero-order chi connectivity index (χ0) is 10.6. The molecular formula is C9H12BrNO3. The van der Waals surface area contributed by atoms with E-state index < -0.39 is 0 Å². The number of carbonyl (C=O) groups is 1. The van der Waals surface area contributed by atoms with Gasteiger partial charge in [0.25, 0.3) is 0 Å². The fraction of sp³-hybridized carbons (Fsp3) is 0.444. The average Bonchev–Trinajstić information content (AvgIpc) is 2.60. The molecule has 1 rings (SSSR count). The second kappa shape index (κ2) is 5.17. The molecule has 1 atom stereocenters. The van der Waals surface area contributed by atoms with E-state index in [-0.39, 0.29) is 12.0 Å². The molecule has 0 aromatic carbocycles. The highest BCUT2D eigenvalue weighted by Crippen LogP contribution is 2.21. The Labute approximate surface area is 90.5 Å². The summed E-state index contributed by atoms with van der Waals surface area (Å²) in [6, 6.07) is 1.53. The molecule has 0 fully saturated rings. The Hall–Kier alpha value is -0.810. The molecule has 0 aliphatic carbocycles. The van der Waals surface area contributed by atoms with Gasteiger partial charge in [0, 0.05) is 6.42 Å². The predicted molar refractivity (Wildman–Crippen MR) is 54.6 cm³/mol. The molecule has 1 aromatic heterocycles. The largest absolute Gasteiger partial charge is 0.469 e. The van der Waals surface area contributed by atoms with Crippen LogP contribution in [0.25, 0.3) is 0 Å². The Kier molecular flexibility index (Phi) is 4.16. The van der Waals surface area contributed by atoms with Crippen LogP contribution in [-0.2, 0) is 9.53 Å². The van der Waals surface area contributed by atoms with Crippen LogP contribution < -0.4 is 5.73 Å². The summed E-state index contributed by atoms with van der Waals surface area (Å²) in [5.41, 5.74) is 5.79. The number of esters is 1. The van der Waals surface area contributed by atoms with E-state index in [2.05, 4.69) is 20.7 Å². The van der Waals surface area contributed by atoms with E-state index >= 15 is 0 Å². The van der Waals surface area contributed by atoms with Crippen LogP contribution in [0.1, 0.15) is 24.6 Å². The summed E-state index contributed by atoms with van der Waals surface area (Å²) in [4.78, 5) is 10.8. The molecule has 0 bridgehead atoms. The minimum Gasteiger partial charge on any atom is -0.469 e.